The molecule has 154 valence electrons. The number of pyridine rings is 1. The van der Waals surface area contributed by atoms with E-state index in [0.717, 1.165) is 19.5 Å². The van der Waals surface area contributed by atoms with Crippen LogP contribution in [0.5, 0.6) is 0 Å². The number of hydrogen-bond acceptors (Lipinski definition) is 5. The van der Waals surface area contributed by atoms with Crippen LogP contribution in [0, 0.1) is 11.2 Å². The first-order valence-electron chi connectivity index (χ1n) is 9.62. The molecule has 30 heavy (non-hydrogen) atoms. The number of carbonyl (C=O) groups is 1. The van der Waals surface area contributed by atoms with Gasteiger partial charge in [0, 0.05) is 42.8 Å². The highest BCUT2D eigenvalue weighted by atomic mass is 35.5. The van der Waals surface area contributed by atoms with Crippen molar-refractivity contribution in [1.82, 2.24) is 15.0 Å². The Kier molecular flexibility index (Phi) is 5.39. The molecule has 6 nitrogen and oxygen atoms in total. The molecule has 2 aromatic heterocycles. The number of hydrogen-bond donors (Lipinski definition) is 1. The minimum absolute atomic E-state index is 0.0555. The molecule has 0 unspecified atom stereocenters. The van der Waals surface area contributed by atoms with Gasteiger partial charge in [0.15, 0.2) is 5.82 Å². The standard InChI is InChI=1S/C22H21ClFN5O/c1-22(2)8-10-29(13-22)19-18(28-20(30)14-11-26-21(23)27-12-14)16(7-9-25-19)15-5-3-4-6-17(15)24/h3-7,9,11-12H,8,10,13H2,1-2H3,(H,28,30). The lowest BCUT2D eigenvalue weighted by atomic mass is 9.93. The quantitative estimate of drug-likeness (QED) is 0.607. The number of nitrogens with one attached hydrogen (secondary N) is 1. The number of aromatic nitrogens is 3. The third kappa shape index (κ3) is 4.11. The minimum atomic E-state index is -0.419. The van der Waals surface area contributed by atoms with Crippen LogP contribution in [0.2, 0.25) is 5.28 Å². The zero-order valence-electron chi connectivity index (χ0n) is 16.7. The summed E-state index contributed by atoms with van der Waals surface area (Å²) >= 11 is 5.73. The Morgan fingerprint density at radius 1 is 1.13 bits per heavy atom. The highest BCUT2D eigenvalue weighted by Crippen LogP contribution is 2.40. The van der Waals surface area contributed by atoms with Crippen molar-refractivity contribution in [3.05, 3.63) is 65.6 Å². The van der Waals surface area contributed by atoms with Gasteiger partial charge < -0.3 is 10.2 Å². The van der Waals surface area contributed by atoms with Crippen molar-refractivity contribution in [2.45, 2.75) is 20.3 Å². The second-order valence-electron chi connectivity index (χ2n) is 8.07. The van der Waals surface area contributed by atoms with Crippen molar-refractivity contribution in [3.8, 4) is 11.1 Å². The molecule has 3 aromatic rings. The second-order valence-corrected chi connectivity index (χ2v) is 8.41. The van der Waals surface area contributed by atoms with Crippen molar-refractivity contribution >= 4 is 29.0 Å². The van der Waals surface area contributed by atoms with E-state index in [0.29, 0.717) is 22.6 Å². The number of nitrogens with zero attached hydrogens (tertiary/aromatic N) is 4. The molecule has 8 heteroatoms. The monoisotopic (exact) mass is 425 g/mol. The summed E-state index contributed by atoms with van der Waals surface area (Å²) in [6.07, 6.45) is 5.34. The van der Waals surface area contributed by atoms with Crippen LogP contribution in [0.4, 0.5) is 15.9 Å². The number of anilines is 2. The predicted molar refractivity (Wildman–Crippen MR) is 115 cm³/mol. The SMILES string of the molecule is CC1(C)CCN(c2nccc(-c3ccccc3F)c2NC(=O)c2cnc(Cl)nc2)C1. The third-order valence-corrected chi connectivity index (χ3v) is 5.39. The van der Waals surface area contributed by atoms with Gasteiger partial charge in [-0.05, 0) is 35.6 Å². The van der Waals surface area contributed by atoms with E-state index < -0.39 is 5.91 Å². The smallest absolute Gasteiger partial charge is 0.258 e. The highest BCUT2D eigenvalue weighted by Gasteiger charge is 2.32. The van der Waals surface area contributed by atoms with Crippen LogP contribution in [0.1, 0.15) is 30.6 Å². The van der Waals surface area contributed by atoms with Crippen LogP contribution in [0.25, 0.3) is 11.1 Å². The molecule has 0 saturated carbocycles. The summed E-state index contributed by atoms with van der Waals surface area (Å²) in [5.74, 6) is -0.178. The van der Waals surface area contributed by atoms with Crippen LogP contribution in [0.3, 0.4) is 0 Å². The molecule has 1 N–H and O–H groups in total. The van der Waals surface area contributed by atoms with Gasteiger partial charge in [0.1, 0.15) is 5.82 Å². The summed E-state index contributed by atoms with van der Waals surface area (Å²) in [5.41, 5.74) is 1.78. The number of halogens is 2. The Morgan fingerprint density at radius 3 is 2.53 bits per heavy atom. The molecule has 0 radical (unpaired) electrons. The zero-order chi connectivity index (χ0) is 21.3. The number of benzene rings is 1. The van der Waals surface area contributed by atoms with Crippen LogP contribution in [-0.4, -0.2) is 33.9 Å². The fourth-order valence-electron chi connectivity index (χ4n) is 3.63. The van der Waals surface area contributed by atoms with Gasteiger partial charge in [-0.15, -0.1) is 0 Å². The summed E-state index contributed by atoms with van der Waals surface area (Å²) in [6, 6.07) is 8.18. The molecule has 0 atom stereocenters. The van der Waals surface area contributed by atoms with Gasteiger partial charge in [0.25, 0.3) is 5.91 Å². The molecule has 1 aliphatic heterocycles. The number of rotatable bonds is 4. The summed E-state index contributed by atoms with van der Waals surface area (Å²) in [5, 5.41) is 2.97. The van der Waals surface area contributed by atoms with E-state index in [1.165, 1.54) is 18.5 Å². The van der Waals surface area contributed by atoms with E-state index in [1.807, 2.05) is 0 Å². The maximum Gasteiger partial charge on any atom is 0.258 e. The van der Waals surface area contributed by atoms with Crippen molar-refractivity contribution in [2.75, 3.05) is 23.3 Å². The van der Waals surface area contributed by atoms with Crippen molar-refractivity contribution < 1.29 is 9.18 Å². The Bertz CT molecular complexity index is 1090. The second kappa shape index (κ2) is 7.99. The predicted octanol–water partition coefficient (Wildman–Crippen LogP) is 4.82. The molecule has 0 bridgehead atoms. The molecular weight excluding hydrogens is 405 g/mol. The van der Waals surface area contributed by atoms with Crippen LogP contribution in [-0.2, 0) is 0 Å². The van der Waals surface area contributed by atoms with Gasteiger partial charge in [0.05, 0.1) is 11.3 Å². The van der Waals surface area contributed by atoms with E-state index >= 15 is 0 Å². The van der Waals surface area contributed by atoms with Gasteiger partial charge in [0.2, 0.25) is 5.28 Å². The largest absolute Gasteiger partial charge is 0.354 e. The zero-order valence-corrected chi connectivity index (χ0v) is 17.4. The first-order chi connectivity index (χ1) is 14.3. The maximum absolute atomic E-state index is 14.6. The molecular formula is C22H21ClFN5O. The van der Waals surface area contributed by atoms with Crippen molar-refractivity contribution in [3.63, 3.8) is 0 Å². The fraction of sp³-hybridized carbons (Fsp3) is 0.273. The Balaban J connectivity index is 1.79. The average molecular weight is 426 g/mol. The van der Waals surface area contributed by atoms with Crippen molar-refractivity contribution in [1.29, 1.82) is 0 Å². The molecule has 1 aliphatic rings. The molecule has 3 heterocycles. The summed E-state index contributed by atoms with van der Waals surface area (Å²) in [7, 11) is 0. The normalized spacial score (nSPS) is 15.3. The van der Waals surface area contributed by atoms with Crippen molar-refractivity contribution in [2.24, 2.45) is 5.41 Å². The Morgan fingerprint density at radius 2 is 1.87 bits per heavy atom. The van der Waals surface area contributed by atoms with Gasteiger partial charge >= 0.3 is 0 Å². The first kappa shape index (κ1) is 20.2. The highest BCUT2D eigenvalue weighted by molar-refractivity contribution is 6.28. The van der Waals surface area contributed by atoms with Crippen LogP contribution >= 0.6 is 11.6 Å². The summed E-state index contributed by atoms with van der Waals surface area (Å²) in [6.45, 7) is 5.97. The number of carbonyl (C=O) groups excluding carboxylic acids is 1. The molecule has 1 fully saturated rings. The molecule has 1 aromatic carbocycles. The Labute approximate surface area is 179 Å². The van der Waals surface area contributed by atoms with Crippen LogP contribution < -0.4 is 10.2 Å². The van der Waals surface area contributed by atoms with Gasteiger partial charge in [-0.25, -0.2) is 19.3 Å². The van der Waals surface area contributed by atoms with E-state index in [4.69, 9.17) is 11.6 Å². The van der Waals surface area contributed by atoms with E-state index in [9.17, 15) is 9.18 Å². The van der Waals surface area contributed by atoms with Gasteiger partial charge in [-0.3, -0.25) is 4.79 Å². The average Bonchev–Trinajstić information content (AvgIpc) is 3.09. The molecule has 4 rings (SSSR count). The Hall–Kier alpha value is -3.06. The first-order valence-corrected chi connectivity index (χ1v) is 10.00. The van der Waals surface area contributed by atoms with Crippen LogP contribution in [0.15, 0.2) is 48.9 Å². The lowest BCUT2D eigenvalue weighted by Crippen LogP contribution is -2.26. The summed E-state index contributed by atoms with van der Waals surface area (Å²) < 4.78 is 14.6. The fourth-order valence-corrected chi connectivity index (χ4v) is 3.72. The molecule has 1 saturated heterocycles. The molecule has 1 amide bonds. The lowest BCUT2D eigenvalue weighted by Gasteiger charge is -2.24. The third-order valence-electron chi connectivity index (χ3n) is 5.19. The van der Waals surface area contributed by atoms with E-state index in [2.05, 4.69) is 39.0 Å². The lowest BCUT2D eigenvalue weighted by molar-refractivity contribution is 0.102. The summed E-state index contributed by atoms with van der Waals surface area (Å²) in [4.78, 5) is 27.3. The van der Waals surface area contributed by atoms with Gasteiger partial charge in [-0.2, -0.15) is 0 Å². The number of amides is 1. The topological polar surface area (TPSA) is 71.0 Å². The minimum Gasteiger partial charge on any atom is -0.354 e. The molecule has 0 aliphatic carbocycles. The van der Waals surface area contributed by atoms with Gasteiger partial charge in [-0.1, -0.05) is 32.0 Å². The molecule has 0 spiro atoms. The van der Waals surface area contributed by atoms with E-state index in [1.54, 1.807) is 30.5 Å². The van der Waals surface area contributed by atoms with E-state index in [-0.39, 0.29) is 22.1 Å². The maximum atomic E-state index is 14.6.